The third kappa shape index (κ3) is 5.59. The van der Waals surface area contributed by atoms with Crippen molar-refractivity contribution >= 4 is 17.2 Å². The van der Waals surface area contributed by atoms with Gasteiger partial charge in [0.15, 0.2) is 5.65 Å². The second-order valence-corrected chi connectivity index (χ2v) is 13.9. The average molecular weight is 590 g/mol. The summed E-state index contributed by atoms with van der Waals surface area (Å²) in [4.78, 5) is 21.2. The number of hydrogen-bond acceptors (Lipinski definition) is 7. The number of ether oxygens (including phenoxy) is 1. The number of carbonyl (C=O) groups excluding carboxylic acids is 1. The van der Waals surface area contributed by atoms with Crippen LogP contribution in [0, 0.1) is 5.82 Å². The topological polar surface area (TPSA) is 78.2 Å². The molecule has 4 aliphatic rings. The molecule has 5 heterocycles. The number of hydrogen-bond donors (Lipinski definition) is 1. The van der Waals surface area contributed by atoms with Gasteiger partial charge in [0.2, 0.25) is 5.91 Å². The highest BCUT2D eigenvalue weighted by Gasteiger charge is 2.44. The fourth-order valence-corrected chi connectivity index (χ4v) is 7.30. The predicted octanol–water partition coefficient (Wildman–Crippen LogP) is 3.34. The number of halogens is 1. The minimum atomic E-state index is -0.261. The van der Waals surface area contributed by atoms with Crippen LogP contribution in [0.25, 0.3) is 5.65 Å². The van der Waals surface area contributed by atoms with E-state index in [1.54, 1.807) is 0 Å². The Balaban J connectivity index is 1.22. The number of morpholine rings is 1. The lowest BCUT2D eigenvalue weighted by Crippen LogP contribution is -2.62. The van der Waals surface area contributed by atoms with Gasteiger partial charge in [0, 0.05) is 74.2 Å². The number of benzene rings is 1. The van der Waals surface area contributed by atoms with E-state index in [1.807, 2.05) is 17.0 Å². The number of nitrogens with one attached hydrogen (secondary N) is 1. The monoisotopic (exact) mass is 589 g/mol. The highest BCUT2D eigenvalue weighted by atomic mass is 19.1. The normalized spacial score (nSPS) is 26.3. The van der Waals surface area contributed by atoms with Gasteiger partial charge in [-0.3, -0.25) is 19.0 Å². The Bertz CT molecular complexity index is 1500. The van der Waals surface area contributed by atoms with Crippen LogP contribution in [0.1, 0.15) is 69.1 Å². The lowest BCUT2D eigenvalue weighted by molar-refractivity contribution is -0.121. The lowest BCUT2D eigenvalue weighted by atomic mass is 9.90. The number of nitrogens with zero attached hydrogens (tertiary/aromatic N) is 6. The van der Waals surface area contributed by atoms with Crippen LogP contribution in [0.15, 0.2) is 30.3 Å². The first kappa shape index (κ1) is 28.8. The van der Waals surface area contributed by atoms with E-state index in [4.69, 9.17) is 4.74 Å². The summed E-state index contributed by atoms with van der Waals surface area (Å²) < 4.78 is 21.6. The van der Waals surface area contributed by atoms with Gasteiger partial charge in [-0.2, -0.15) is 0 Å². The first-order valence-electron chi connectivity index (χ1n) is 15.9. The summed E-state index contributed by atoms with van der Waals surface area (Å²) in [6.07, 6.45) is 2.83. The zero-order valence-electron chi connectivity index (χ0n) is 25.9. The molecule has 1 N–H and O–H groups in total. The smallest absolute Gasteiger partial charge is 0.241 e. The molecule has 1 aromatic carbocycles. The molecule has 3 fully saturated rings. The maximum Gasteiger partial charge on any atom is 0.241 e. The van der Waals surface area contributed by atoms with E-state index in [0.717, 1.165) is 86.2 Å². The van der Waals surface area contributed by atoms with Crippen molar-refractivity contribution in [3.63, 3.8) is 0 Å². The van der Waals surface area contributed by atoms with Gasteiger partial charge < -0.3 is 15.0 Å². The second-order valence-electron chi connectivity index (χ2n) is 13.9. The predicted molar refractivity (Wildman–Crippen MR) is 164 cm³/mol. The Labute approximate surface area is 253 Å². The number of pyridine rings is 1. The molecular weight excluding hydrogens is 545 g/mol. The molecule has 3 atom stereocenters. The molecule has 1 aliphatic carbocycles. The van der Waals surface area contributed by atoms with E-state index in [-0.39, 0.29) is 23.2 Å². The first-order valence-corrected chi connectivity index (χ1v) is 15.9. The van der Waals surface area contributed by atoms with Crippen LogP contribution in [0.4, 0.5) is 10.1 Å². The molecule has 1 amide bonds. The van der Waals surface area contributed by atoms with Crippen molar-refractivity contribution < 1.29 is 13.9 Å². The number of anilines is 1. The maximum atomic E-state index is 14.3. The minimum absolute atomic E-state index is 0.133. The van der Waals surface area contributed by atoms with E-state index < -0.39 is 0 Å². The van der Waals surface area contributed by atoms with Crippen molar-refractivity contribution in [1.29, 1.82) is 0 Å². The summed E-state index contributed by atoms with van der Waals surface area (Å²) in [5, 5.41) is 13.0. The summed E-state index contributed by atoms with van der Waals surface area (Å²) in [5.41, 5.74) is 4.69. The number of fused-ring (bicyclic) bond motifs is 3. The summed E-state index contributed by atoms with van der Waals surface area (Å²) in [6, 6.07) is 9.76. The third-order valence-corrected chi connectivity index (χ3v) is 9.80. The number of carbonyl (C=O) groups is 1. The fraction of sp³-hybridized carbons (Fsp3) is 0.606. The van der Waals surface area contributed by atoms with Gasteiger partial charge in [0.1, 0.15) is 11.6 Å². The number of piperazine rings is 1. The highest BCUT2D eigenvalue weighted by molar-refractivity contribution is 5.98. The van der Waals surface area contributed by atoms with Crippen LogP contribution < -0.4 is 10.2 Å². The molecule has 3 aliphatic heterocycles. The first-order chi connectivity index (χ1) is 20.7. The Kier molecular flexibility index (Phi) is 7.52. The van der Waals surface area contributed by atoms with Crippen molar-refractivity contribution in [2.45, 2.75) is 76.4 Å². The molecule has 0 unspecified atom stereocenters. The molecule has 1 saturated carbocycles. The fourth-order valence-electron chi connectivity index (χ4n) is 7.30. The Morgan fingerprint density at radius 2 is 1.93 bits per heavy atom. The maximum absolute atomic E-state index is 14.3. The van der Waals surface area contributed by atoms with Gasteiger partial charge in [-0.25, -0.2) is 4.39 Å². The Hall–Kier alpha value is -2.92. The third-order valence-electron chi connectivity index (χ3n) is 9.80. The van der Waals surface area contributed by atoms with E-state index in [0.29, 0.717) is 37.5 Å². The molecule has 2 aromatic heterocycles. The standard InChI is InChI=1S/C33H44FN7O2/c1-21-16-39(27(15-35-21)17-38-11-12-43-19-22(38)2)18-29(42)40-20-33(3,4)30-28(40)14-25(13-23-5-9-26(34)10-6-23)32-37-36-31(41(30)32)24-7-8-24/h5-6,9-10,14,21-22,24,27,35H,7-8,11-13,15-20H2,1-4H3/t21-,22-,27-/m1/s1. The number of aromatic nitrogens is 3. The van der Waals surface area contributed by atoms with Gasteiger partial charge in [0.25, 0.3) is 0 Å². The van der Waals surface area contributed by atoms with Gasteiger partial charge in [-0.15, -0.1) is 10.2 Å². The van der Waals surface area contributed by atoms with Crippen LogP contribution in [-0.2, 0) is 21.4 Å². The zero-order valence-corrected chi connectivity index (χ0v) is 25.9. The van der Waals surface area contributed by atoms with Gasteiger partial charge >= 0.3 is 0 Å². The van der Waals surface area contributed by atoms with E-state index in [9.17, 15) is 9.18 Å². The van der Waals surface area contributed by atoms with Gasteiger partial charge in [-0.1, -0.05) is 26.0 Å². The lowest BCUT2D eigenvalue weighted by Gasteiger charge is -2.43. The molecule has 9 nitrogen and oxygen atoms in total. The summed E-state index contributed by atoms with van der Waals surface area (Å²) >= 11 is 0. The average Bonchev–Trinajstić information content (AvgIpc) is 3.66. The van der Waals surface area contributed by atoms with E-state index >= 15 is 0 Å². The summed E-state index contributed by atoms with van der Waals surface area (Å²) in [7, 11) is 0. The SMILES string of the molecule is C[C@@H]1CN(CC(=O)N2CC(C)(C)c3c2cc(Cc2ccc(F)cc2)c2nnc(C4CC4)n32)[C@@H](CN2CCOC[C@H]2C)CN1. The molecular formula is C33H44FN7O2. The minimum Gasteiger partial charge on any atom is -0.379 e. The van der Waals surface area contributed by atoms with Gasteiger partial charge in [0.05, 0.1) is 31.1 Å². The molecule has 0 spiro atoms. The largest absolute Gasteiger partial charge is 0.379 e. The van der Waals surface area contributed by atoms with Gasteiger partial charge in [-0.05, 0) is 50.5 Å². The van der Waals surface area contributed by atoms with E-state index in [2.05, 4.69) is 63.5 Å². The molecule has 3 aromatic rings. The van der Waals surface area contributed by atoms with Crippen molar-refractivity contribution in [3.05, 3.63) is 58.8 Å². The van der Waals surface area contributed by atoms with Crippen LogP contribution >= 0.6 is 0 Å². The van der Waals surface area contributed by atoms with Crippen molar-refractivity contribution in [2.75, 3.05) is 57.4 Å². The van der Waals surface area contributed by atoms with Crippen LogP contribution in [0.2, 0.25) is 0 Å². The zero-order chi connectivity index (χ0) is 29.9. The van der Waals surface area contributed by atoms with Crippen LogP contribution in [0.3, 0.4) is 0 Å². The molecule has 7 rings (SSSR count). The molecule has 2 saturated heterocycles. The molecule has 10 heteroatoms. The highest BCUT2D eigenvalue weighted by Crippen LogP contribution is 2.46. The second kappa shape index (κ2) is 11.2. The molecule has 43 heavy (non-hydrogen) atoms. The molecule has 230 valence electrons. The summed E-state index contributed by atoms with van der Waals surface area (Å²) in [6.45, 7) is 15.0. The van der Waals surface area contributed by atoms with Crippen LogP contribution in [0.5, 0.6) is 0 Å². The number of amides is 1. The quantitative estimate of drug-likeness (QED) is 0.453. The Morgan fingerprint density at radius 3 is 2.67 bits per heavy atom. The number of rotatable bonds is 7. The van der Waals surface area contributed by atoms with Crippen molar-refractivity contribution in [2.24, 2.45) is 0 Å². The molecule has 0 bridgehead atoms. The van der Waals surface area contributed by atoms with E-state index in [1.165, 1.54) is 12.1 Å². The van der Waals surface area contributed by atoms with Crippen molar-refractivity contribution in [1.82, 2.24) is 29.7 Å². The van der Waals surface area contributed by atoms with Crippen LogP contribution in [-0.4, -0.2) is 101 Å². The molecule has 0 radical (unpaired) electrons. The summed E-state index contributed by atoms with van der Waals surface area (Å²) in [5.74, 6) is 1.30. The Morgan fingerprint density at radius 1 is 1.14 bits per heavy atom. The van der Waals surface area contributed by atoms with Crippen molar-refractivity contribution in [3.8, 4) is 0 Å².